The molecule has 0 saturated carbocycles. The first-order valence-corrected chi connectivity index (χ1v) is 6.32. The maximum atomic E-state index is 11.3. The van der Waals surface area contributed by atoms with Crippen LogP contribution < -0.4 is 5.73 Å². The summed E-state index contributed by atoms with van der Waals surface area (Å²) >= 11 is -1.23. The third-order valence-electron chi connectivity index (χ3n) is 2.30. The Labute approximate surface area is 101 Å². The van der Waals surface area contributed by atoms with Gasteiger partial charge in [0.2, 0.25) is 10.6 Å². The highest BCUT2D eigenvalue weighted by Gasteiger charge is 2.47. The van der Waals surface area contributed by atoms with Crippen LogP contribution >= 0.6 is 0 Å². The molecule has 1 saturated heterocycles. The minimum Gasteiger partial charge on any atom is -0.610 e. The van der Waals surface area contributed by atoms with Crippen molar-refractivity contribution < 1.29 is 18.8 Å². The summed E-state index contributed by atoms with van der Waals surface area (Å²) in [6, 6.07) is 1.54. The van der Waals surface area contributed by atoms with Crippen LogP contribution in [0.2, 0.25) is 0 Å². The fourth-order valence-corrected chi connectivity index (χ4v) is 1.90. The monoisotopic (exact) mass is 257 g/mol. The molecule has 0 aromatic carbocycles. The van der Waals surface area contributed by atoms with E-state index in [0.29, 0.717) is 5.03 Å². The summed E-state index contributed by atoms with van der Waals surface area (Å²) in [6.45, 7) is 0.297. The summed E-state index contributed by atoms with van der Waals surface area (Å²) in [4.78, 5) is 18.9. The highest BCUT2D eigenvalue weighted by molar-refractivity contribution is 7.90. The molecule has 1 unspecified atom stereocenters. The van der Waals surface area contributed by atoms with Gasteiger partial charge in [-0.15, -0.1) is 0 Å². The van der Waals surface area contributed by atoms with Crippen LogP contribution in [0.3, 0.4) is 0 Å². The number of hydrogen-bond donors (Lipinski definition) is 1. The van der Waals surface area contributed by atoms with Gasteiger partial charge in [0.15, 0.2) is 5.82 Å². The van der Waals surface area contributed by atoms with Crippen molar-refractivity contribution in [1.82, 2.24) is 9.97 Å². The van der Waals surface area contributed by atoms with E-state index in [1.54, 1.807) is 0 Å². The summed E-state index contributed by atoms with van der Waals surface area (Å²) in [5, 5.41) is 0.370. The van der Waals surface area contributed by atoms with E-state index < -0.39 is 22.9 Å². The lowest BCUT2D eigenvalue weighted by molar-refractivity contribution is -0.188. The Morgan fingerprint density at radius 1 is 1.71 bits per heavy atom. The van der Waals surface area contributed by atoms with Gasteiger partial charge >= 0.3 is 6.09 Å². The van der Waals surface area contributed by atoms with Crippen molar-refractivity contribution in [2.45, 2.75) is 10.6 Å². The zero-order valence-electron chi connectivity index (χ0n) is 9.08. The van der Waals surface area contributed by atoms with Crippen molar-refractivity contribution in [2.24, 2.45) is 5.73 Å². The van der Waals surface area contributed by atoms with Gasteiger partial charge in [-0.3, -0.25) is 0 Å². The van der Waals surface area contributed by atoms with E-state index >= 15 is 0 Å². The summed E-state index contributed by atoms with van der Waals surface area (Å²) in [7, 11) is 0. The second-order valence-corrected chi connectivity index (χ2v) is 4.91. The van der Waals surface area contributed by atoms with Gasteiger partial charge in [-0.05, 0) is 0 Å². The Bertz CT molecular complexity index is 436. The number of nitrogens with zero attached hydrogens (tertiary/aromatic N) is 2. The van der Waals surface area contributed by atoms with Crippen LogP contribution in [-0.4, -0.2) is 40.1 Å². The number of nitrogens with two attached hydrogens (primary N) is 1. The minimum absolute atomic E-state index is 0.149. The average Bonchev–Trinajstić information content (AvgIpc) is 2.23. The first-order valence-electron chi connectivity index (χ1n) is 4.77. The molecule has 1 aromatic rings. The first-order chi connectivity index (χ1) is 8.03. The number of carbonyl (C=O) groups excluding carboxylic acids is 1. The predicted molar refractivity (Wildman–Crippen MR) is 57.5 cm³/mol. The van der Waals surface area contributed by atoms with Crippen molar-refractivity contribution in [3.63, 3.8) is 0 Å². The largest absolute Gasteiger partial charge is 0.610 e. The topological polar surface area (TPSA) is 110 Å². The van der Waals surface area contributed by atoms with Crippen molar-refractivity contribution in [3.05, 3.63) is 18.1 Å². The number of rotatable bonds is 3. The molecule has 1 aromatic heterocycles. The zero-order chi connectivity index (χ0) is 12.5. The quantitative estimate of drug-likeness (QED) is 0.579. The van der Waals surface area contributed by atoms with E-state index in [4.69, 9.17) is 15.2 Å². The van der Waals surface area contributed by atoms with Crippen LogP contribution in [0.1, 0.15) is 5.82 Å². The van der Waals surface area contributed by atoms with E-state index in [-0.39, 0.29) is 19.0 Å². The van der Waals surface area contributed by atoms with Gasteiger partial charge in [0.25, 0.3) is 0 Å². The van der Waals surface area contributed by atoms with Gasteiger partial charge in [-0.2, -0.15) is 4.98 Å². The number of hydrogen-bond acceptors (Lipinski definition) is 6. The molecule has 2 N–H and O–H groups in total. The maximum absolute atomic E-state index is 11.3. The van der Waals surface area contributed by atoms with Crippen molar-refractivity contribution >= 4 is 17.3 Å². The van der Waals surface area contributed by atoms with Crippen molar-refractivity contribution in [2.75, 3.05) is 19.5 Å². The molecule has 2 heterocycles. The van der Waals surface area contributed by atoms with Gasteiger partial charge in [0.05, 0.1) is 13.2 Å². The smallest absolute Gasteiger partial charge is 0.405 e. The molecule has 0 aliphatic carbocycles. The number of carbonyl (C=O) groups is 1. The standard InChI is InChI=1S/C9H11N3O4S/c1-17(14)6-2-3-11-7(12-6)9(4-15-5-9)16-8(10)13/h2-3H,4-5H2,1H3,(H2,10,13). The fourth-order valence-electron chi connectivity index (χ4n) is 1.44. The molecule has 92 valence electrons. The summed E-state index contributed by atoms with van der Waals surface area (Å²) in [5.41, 5.74) is 3.95. The Balaban J connectivity index is 2.31. The number of amides is 1. The second-order valence-electron chi connectivity index (χ2n) is 3.58. The summed E-state index contributed by atoms with van der Waals surface area (Å²) in [6.07, 6.45) is 2.05. The van der Waals surface area contributed by atoms with Crippen LogP contribution in [0.25, 0.3) is 0 Å². The SMILES string of the molecule is C[S+]([O-])c1ccnc(C2(OC(N)=O)COC2)n1. The fraction of sp³-hybridized carbons (Fsp3) is 0.444. The van der Waals surface area contributed by atoms with E-state index in [0.717, 1.165) is 0 Å². The van der Waals surface area contributed by atoms with Crippen molar-refractivity contribution in [3.8, 4) is 0 Å². The van der Waals surface area contributed by atoms with Crippen LogP contribution in [0.4, 0.5) is 4.79 Å². The molecule has 1 atom stereocenters. The highest BCUT2D eigenvalue weighted by atomic mass is 32.2. The molecule has 7 nitrogen and oxygen atoms in total. The predicted octanol–water partition coefficient (Wildman–Crippen LogP) is -0.465. The summed E-state index contributed by atoms with van der Waals surface area (Å²) in [5.74, 6) is 0.259. The zero-order valence-corrected chi connectivity index (χ0v) is 9.90. The Kier molecular flexibility index (Phi) is 3.18. The minimum atomic E-state index is -1.23. The van der Waals surface area contributed by atoms with Gasteiger partial charge in [0.1, 0.15) is 6.26 Å². The van der Waals surface area contributed by atoms with Gasteiger partial charge in [-0.1, -0.05) is 0 Å². The highest BCUT2D eigenvalue weighted by Crippen LogP contribution is 2.31. The molecule has 2 rings (SSSR count). The van der Waals surface area contributed by atoms with Crippen LogP contribution in [-0.2, 0) is 26.3 Å². The summed E-state index contributed by atoms with van der Waals surface area (Å²) < 4.78 is 21.3. The van der Waals surface area contributed by atoms with E-state index in [9.17, 15) is 9.35 Å². The Morgan fingerprint density at radius 2 is 2.41 bits per heavy atom. The molecular weight excluding hydrogens is 246 g/mol. The molecule has 1 aliphatic rings. The third kappa shape index (κ3) is 2.33. The lowest BCUT2D eigenvalue weighted by Crippen LogP contribution is -2.52. The lowest BCUT2D eigenvalue weighted by atomic mass is 10.0. The molecule has 0 bridgehead atoms. The van der Waals surface area contributed by atoms with Gasteiger partial charge in [-0.25, -0.2) is 9.78 Å². The van der Waals surface area contributed by atoms with Crippen LogP contribution in [0.5, 0.6) is 0 Å². The number of ether oxygens (including phenoxy) is 2. The van der Waals surface area contributed by atoms with Gasteiger partial charge in [0, 0.05) is 23.4 Å². The Morgan fingerprint density at radius 3 is 2.88 bits per heavy atom. The lowest BCUT2D eigenvalue weighted by Gasteiger charge is -2.38. The average molecular weight is 257 g/mol. The molecular formula is C9H11N3O4S. The van der Waals surface area contributed by atoms with Crippen LogP contribution in [0, 0.1) is 0 Å². The molecule has 1 fully saturated rings. The molecule has 1 amide bonds. The molecule has 0 radical (unpaired) electrons. The molecule has 1 aliphatic heterocycles. The molecule has 17 heavy (non-hydrogen) atoms. The van der Waals surface area contributed by atoms with Gasteiger partial charge < -0.3 is 19.8 Å². The third-order valence-corrected chi connectivity index (χ3v) is 3.11. The molecule has 0 spiro atoms. The van der Waals surface area contributed by atoms with E-state index in [1.807, 2.05) is 0 Å². The van der Waals surface area contributed by atoms with E-state index in [1.165, 1.54) is 18.5 Å². The maximum Gasteiger partial charge on any atom is 0.405 e. The first kappa shape index (κ1) is 12.1. The van der Waals surface area contributed by atoms with Crippen molar-refractivity contribution in [1.29, 1.82) is 0 Å². The molecule has 8 heteroatoms. The Hall–Kier alpha value is -1.38. The number of aromatic nitrogens is 2. The van der Waals surface area contributed by atoms with E-state index in [2.05, 4.69) is 9.97 Å². The number of primary amides is 1. The second kappa shape index (κ2) is 4.47. The van der Waals surface area contributed by atoms with Crippen LogP contribution in [0.15, 0.2) is 17.3 Å². The normalized spacial score (nSPS) is 19.2.